The van der Waals surface area contributed by atoms with E-state index in [9.17, 15) is 14.7 Å². The van der Waals surface area contributed by atoms with Crippen LogP contribution in [0.1, 0.15) is 30.1 Å². The lowest BCUT2D eigenvalue weighted by Crippen LogP contribution is -2.49. The van der Waals surface area contributed by atoms with Crippen LogP contribution in [-0.2, 0) is 0 Å². The van der Waals surface area contributed by atoms with Crippen LogP contribution in [0.2, 0.25) is 0 Å². The average molecular weight is 287 g/mol. The molecule has 6 heteroatoms. The molecule has 6 nitrogen and oxygen atoms in total. The number of pyridine rings is 1. The molecule has 2 aromatic rings. The maximum atomic E-state index is 12.5. The third-order valence-electron chi connectivity index (χ3n) is 3.81. The molecule has 0 radical (unpaired) electrons. The normalized spacial score (nSPS) is 22.5. The molecule has 1 aliphatic rings. The van der Waals surface area contributed by atoms with E-state index in [1.165, 1.54) is 15.5 Å². The highest BCUT2D eigenvalue weighted by Crippen LogP contribution is 2.21. The van der Waals surface area contributed by atoms with Gasteiger partial charge in [-0.15, -0.1) is 0 Å². The molecule has 1 atom stereocenters. The molecule has 0 spiro atoms. The van der Waals surface area contributed by atoms with Crippen molar-refractivity contribution in [3.63, 3.8) is 0 Å². The Labute approximate surface area is 121 Å². The summed E-state index contributed by atoms with van der Waals surface area (Å²) >= 11 is 0. The first-order chi connectivity index (χ1) is 9.98. The number of nitrogens with zero attached hydrogens (tertiary/aromatic N) is 3. The van der Waals surface area contributed by atoms with Crippen molar-refractivity contribution in [2.45, 2.75) is 25.4 Å². The molecule has 0 saturated carbocycles. The molecule has 2 aromatic heterocycles. The predicted molar refractivity (Wildman–Crippen MR) is 77.2 cm³/mol. The molecule has 0 aliphatic carbocycles. The quantitative estimate of drug-likeness (QED) is 0.837. The zero-order valence-electron chi connectivity index (χ0n) is 11.8. The van der Waals surface area contributed by atoms with Crippen molar-refractivity contribution >= 4 is 11.6 Å². The van der Waals surface area contributed by atoms with Gasteiger partial charge in [0.05, 0.1) is 5.60 Å². The van der Waals surface area contributed by atoms with E-state index in [0.29, 0.717) is 18.6 Å². The number of likely N-dealkylation sites (tertiary alicyclic amines) is 1. The number of carbonyl (C=O) groups is 1. The first kappa shape index (κ1) is 13.8. The van der Waals surface area contributed by atoms with Crippen molar-refractivity contribution in [3.8, 4) is 0 Å². The molecule has 1 N–H and O–H groups in total. The summed E-state index contributed by atoms with van der Waals surface area (Å²) in [6.45, 7) is 2.49. The van der Waals surface area contributed by atoms with Gasteiger partial charge in [-0.3, -0.25) is 14.0 Å². The van der Waals surface area contributed by atoms with Crippen LogP contribution in [0, 0.1) is 0 Å². The third kappa shape index (κ3) is 2.54. The lowest BCUT2D eigenvalue weighted by atomic mass is 9.95. The van der Waals surface area contributed by atoms with Gasteiger partial charge in [-0.2, -0.15) is 0 Å². The van der Waals surface area contributed by atoms with Gasteiger partial charge in [0.2, 0.25) is 0 Å². The van der Waals surface area contributed by atoms with Crippen LogP contribution in [-0.4, -0.2) is 44.0 Å². The number of aliphatic hydroxyl groups is 1. The minimum Gasteiger partial charge on any atom is -0.388 e. The van der Waals surface area contributed by atoms with Gasteiger partial charge < -0.3 is 10.0 Å². The van der Waals surface area contributed by atoms with Crippen LogP contribution in [0.5, 0.6) is 0 Å². The topological polar surface area (TPSA) is 74.9 Å². The number of hydrogen-bond acceptors (Lipinski definition) is 4. The van der Waals surface area contributed by atoms with Crippen LogP contribution in [0.25, 0.3) is 5.65 Å². The summed E-state index contributed by atoms with van der Waals surface area (Å²) in [7, 11) is 0. The molecule has 1 fully saturated rings. The molecule has 1 amide bonds. The third-order valence-corrected chi connectivity index (χ3v) is 3.81. The zero-order valence-corrected chi connectivity index (χ0v) is 11.8. The van der Waals surface area contributed by atoms with E-state index >= 15 is 0 Å². The fraction of sp³-hybridized carbons (Fsp3) is 0.400. The highest BCUT2D eigenvalue weighted by molar-refractivity contribution is 5.93. The summed E-state index contributed by atoms with van der Waals surface area (Å²) in [6.07, 6.45) is 4.30. The first-order valence-corrected chi connectivity index (χ1v) is 6.96. The molecule has 1 saturated heterocycles. The molecule has 0 aromatic carbocycles. The summed E-state index contributed by atoms with van der Waals surface area (Å²) in [5.41, 5.74) is -0.731. The largest absolute Gasteiger partial charge is 0.388 e. The second kappa shape index (κ2) is 4.96. The lowest BCUT2D eigenvalue weighted by molar-refractivity contribution is -0.0108. The van der Waals surface area contributed by atoms with Gasteiger partial charge in [-0.25, -0.2) is 4.98 Å². The van der Waals surface area contributed by atoms with E-state index in [4.69, 9.17) is 0 Å². The number of piperidine rings is 1. The summed E-state index contributed by atoms with van der Waals surface area (Å²) in [5, 5.41) is 10.1. The SMILES string of the molecule is CC1(O)CCCN(C(=O)c2cnc3ccccn3c2=O)C1. The zero-order chi connectivity index (χ0) is 15.0. The highest BCUT2D eigenvalue weighted by atomic mass is 16.3. The molecule has 21 heavy (non-hydrogen) atoms. The van der Waals surface area contributed by atoms with Crippen molar-refractivity contribution in [1.82, 2.24) is 14.3 Å². The Bertz CT molecular complexity index is 751. The molecular formula is C15H17N3O3. The Morgan fingerprint density at radius 1 is 1.43 bits per heavy atom. The first-order valence-electron chi connectivity index (χ1n) is 6.96. The van der Waals surface area contributed by atoms with Crippen LogP contribution in [0.15, 0.2) is 35.4 Å². The second-order valence-corrected chi connectivity index (χ2v) is 5.73. The van der Waals surface area contributed by atoms with Gasteiger partial charge in [-0.1, -0.05) is 6.07 Å². The number of rotatable bonds is 1. The number of hydrogen-bond donors (Lipinski definition) is 1. The number of carbonyl (C=O) groups excluding carboxylic acids is 1. The number of aromatic nitrogens is 2. The smallest absolute Gasteiger partial charge is 0.270 e. The van der Waals surface area contributed by atoms with E-state index in [-0.39, 0.29) is 23.6 Å². The minimum absolute atomic E-state index is 0.0383. The molecule has 3 rings (SSSR count). The van der Waals surface area contributed by atoms with Crippen LogP contribution < -0.4 is 5.56 Å². The Morgan fingerprint density at radius 2 is 2.24 bits per heavy atom. The fourth-order valence-corrected chi connectivity index (χ4v) is 2.74. The van der Waals surface area contributed by atoms with Crippen molar-refractivity contribution in [3.05, 3.63) is 46.5 Å². The molecule has 1 unspecified atom stereocenters. The van der Waals surface area contributed by atoms with E-state index in [0.717, 1.165) is 6.42 Å². The maximum Gasteiger partial charge on any atom is 0.270 e. The monoisotopic (exact) mass is 287 g/mol. The standard InChI is InChI=1S/C15H17N3O3/c1-15(21)6-4-7-17(10-15)13(19)11-9-16-12-5-2-3-8-18(12)14(11)20/h2-3,5,8-9,21H,4,6-7,10H2,1H3. The van der Waals surface area contributed by atoms with Gasteiger partial charge in [0.25, 0.3) is 11.5 Å². The van der Waals surface area contributed by atoms with Gasteiger partial charge in [-0.05, 0) is 31.9 Å². The van der Waals surface area contributed by atoms with Crippen molar-refractivity contribution in [2.24, 2.45) is 0 Å². The summed E-state index contributed by atoms with van der Waals surface area (Å²) in [6, 6.07) is 5.21. The number of fused-ring (bicyclic) bond motifs is 1. The fourth-order valence-electron chi connectivity index (χ4n) is 2.74. The van der Waals surface area contributed by atoms with Gasteiger partial charge in [0.1, 0.15) is 11.2 Å². The highest BCUT2D eigenvalue weighted by Gasteiger charge is 2.32. The Kier molecular flexibility index (Phi) is 3.25. The van der Waals surface area contributed by atoms with Gasteiger partial charge in [0.15, 0.2) is 0 Å². The Hall–Kier alpha value is -2.21. The molecular weight excluding hydrogens is 270 g/mol. The number of amides is 1. The molecule has 1 aliphatic heterocycles. The average Bonchev–Trinajstić information content (AvgIpc) is 2.46. The van der Waals surface area contributed by atoms with Crippen molar-refractivity contribution in [2.75, 3.05) is 13.1 Å². The minimum atomic E-state index is -0.894. The summed E-state index contributed by atoms with van der Waals surface area (Å²) in [4.78, 5) is 30.6. The van der Waals surface area contributed by atoms with Crippen LogP contribution >= 0.6 is 0 Å². The second-order valence-electron chi connectivity index (χ2n) is 5.73. The lowest BCUT2D eigenvalue weighted by Gasteiger charge is -2.36. The van der Waals surface area contributed by atoms with Crippen molar-refractivity contribution in [1.29, 1.82) is 0 Å². The van der Waals surface area contributed by atoms with Gasteiger partial charge >= 0.3 is 0 Å². The van der Waals surface area contributed by atoms with Gasteiger partial charge in [0, 0.05) is 25.5 Å². The summed E-state index contributed by atoms with van der Waals surface area (Å²) < 4.78 is 1.36. The molecule has 0 bridgehead atoms. The van der Waals surface area contributed by atoms with Crippen LogP contribution in [0.3, 0.4) is 0 Å². The van der Waals surface area contributed by atoms with E-state index in [1.54, 1.807) is 31.3 Å². The maximum absolute atomic E-state index is 12.5. The molecule has 3 heterocycles. The van der Waals surface area contributed by atoms with E-state index in [1.807, 2.05) is 0 Å². The number of β-amino-alcohol motifs (C(OH)–C–C–N with tert-alkyl or cyclic N) is 1. The van der Waals surface area contributed by atoms with E-state index in [2.05, 4.69) is 4.98 Å². The van der Waals surface area contributed by atoms with Crippen LogP contribution in [0.4, 0.5) is 0 Å². The van der Waals surface area contributed by atoms with E-state index < -0.39 is 5.60 Å². The predicted octanol–water partition coefficient (Wildman–Crippen LogP) is 0.681. The Balaban J connectivity index is 1.98. The molecule has 110 valence electrons. The van der Waals surface area contributed by atoms with Crippen molar-refractivity contribution < 1.29 is 9.90 Å². The summed E-state index contributed by atoms with van der Waals surface area (Å²) in [5.74, 6) is -0.370. The Morgan fingerprint density at radius 3 is 3.00 bits per heavy atom.